The Bertz CT molecular complexity index is 587. The normalized spacial score (nSPS) is 19.8. The lowest BCUT2D eigenvalue weighted by Crippen LogP contribution is -2.48. The van der Waals surface area contributed by atoms with Crippen LogP contribution in [0.15, 0.2) is 24.3 Å². The quantitative estimate of drug-likeness (QED) is 0.911. The van der Waals surface area contributed by atoms with E-state index < -0.39 is 11.9 Å². The largest absolute Gasteiger partial charge is 0.573 e. The fourth-order valence-corrected chi connectivity index (χ4v) is 3.05. The minimum absolute atomic E-state index is 0.145. The number of halogens is 3. The minimum atomic E-state index is -4.78. The highest BCUT2D eigenvalue weighted by atomic mass is 19.4. The van der Waals surface area contributed by atoms with Crippen LogP contribution in [0.1, 0.15) is 32.3 Å². The van der Waals surface area contributed by atoms with Crippen molar-refractivity contribution < 1.29 is 22.7 Å². The van der Waals surface area contributed by atoms with E-state index in [4.69, 9.17) is 0 Å². The summed E-state index contributed by atoms with van der Waals surface area (Å²) < 4.78 is 41.9. The number of nitrogens with one attached hydrogen (secondary N) is 1. The lowest BCUT2D eigenvalue weighted by molar-refractivity contribution is -0.275. The average molecular weight is 344 g/mol. The summed E-state index contributed by atoms with van der Waals surface area (Å²) in [5, 5.41) is 2.88. The second kappa shape index (κ2) is 7.01. The number of likely N-dealkylation sites (tertiary alicyclic amines) is 1. The van der Waals surface area contributed by atoms with Gasteiger partial charge in [-0.3, -0.25) is 4.79 Å². The fraction of sp³-hybridized carbons (Fsp3) is 0.588. The first-order valence-electron chi connectivity index (χ1n) is 7.94. The van der Waals surface area contributed by atoms with Gasteiger partial charge in [0.2, 0.25) is 5.91 Å². The van der Waals surface area contributed by atoms with Crippen molar-refractivity contribution in [1.29, 1.82) is 0 Å². The second-order valence-electron chi connectivity index (χ2n) is 6.76. The van der Waals surface area contributed by atoms with Crippen LogP contribution in [0.25, 0.3) is 0 Å². The van der Waals surface area contributed by atoms with Crippen molar-refractivity contribution in [3.8, 4) is 5.75 Å². The zero-order chi connectivity index (χ0) is 18.0. The van der Waals surface area contributed by atoms with Crippen molar-refractivity contribution in [3.05, 3.63) is 29.8 Å². The summed E-state index contributed by atoms with van der Waals surface area (Å²) in [4.78, 5) is 14.6. The Morgan fingerprint density at radius 2 is 1.96 bits per heavy atom. The number of amides is 1. The van der Waals surface area contributed by atoms with Gasteiger partial charge < -0.3 is 15.0 Å². The molecule has 1 atom stereocenters. The molecule has 1 fully saturated rings. The van der Waals surface area contributed by atoms with Crippen molar-refractivity contribution in [1.82, 2.24) is 10.2 Å². The van der Waals surface area contributed by atoms with Crippen molar-refractivity contribution in [3.63, 3.8) is 0 Å². The first kappa shape index (κ1) is 18.6. The van der Waals surface area contributed by atoms with E-state index in [-0.39, 0.29) is 17.6 Å². The zero-order valence-electron chi connectivity index (χ0n) is 14.1. The van der Waals surface area contributed by atoms with Crippen LogP contribution in [-0.2, 0) is 10.3 Å². The molecule has 1 aromatic carbocycles. The Balaban J connectivity index is 2.16. The molecule has 24 heavy (non-hydrogen) atoms. The molecule has 1 aromatic rings. The van der Waals surface area contributed by atoms with Crippen LogP contribution >= 0.6 is 0 Å². The summed E-state index contributed by atoms with van der Waals surface area (Å²) >= 11 is 0. The molecule has 0 spiro atoms. The predicted molar refractivity (Wildman–Crippen MR) is 84.5 cm³/mol. The van der Waals surface area contributed by atoms with E-state index in [0.717, 1.165) is 19.4 Å². The van der Waals surface area contributed by atoms with E-state index in [0.29, 0.717) is 12.1 Å². The van der Waals surface area contributed by atoms with Crippen molar-refractivity contribution in [2.45, 2.75) is 38.6 Å². The van der Waals surface area contributed by atoms with Gasteiger partial charge in [-0.05, 0) is 46.3 Å². The molecule has 1 heterocycles. The standard InChI is InChI=1S/C17H23F3N2O2/c1-16(2,21-15(23)12-7-6-10-22(3)11-12)13-8-4-5-9-14(13)24-17(18,19)20/h4-5,8-9,12H,6-7,10-11H2,1-3H3,(H,21,23). The molecule has 1 N–H and O–H groups in total. The summed E-state index contributed by atoms with van der Waals surface area (Å²) in [6.45, 7) is 4.96. The molecule has 134 valence electrons. The molecular weight excluding hydrogens is 321 g/mol. The van der Waals surface area contributed by atoms with Gasteiger partial charge in [-0.1, -0.05) is 18.2 Å². The van der Waals surface area contributed by atoms with Gasteiger partial charge in [-0.2, -0.15) is 0 Å². The first-order valence-corrected chi connectivity index (χ1v) is 7.94. The smallest absolute Gasteiger partial charge is 0.405 e. The monoisotopic (exact) mass is 344 g/mol. The van der Waals surface area contributed by atoms with Crippen LogP contribution in [-0.4, -0.2) is 37.3 Å². The van der Waals surface area contributed by atoms with Crippen LogP contribution in [0.5, 0.6) is 5.75 Å². The van der Waals surface area contributed by atoms with E-state index in [9.17, 15) is 18.0 Å². The first-order chi connectivity index (χ1) is 11.1. The number of alkyl halides is 3. The van der Waals surface area contributed by atoms with Gasteiger partial charge >= 0.3 is 6.36 Å². The second-order valence-corrected chi connectivity index (χ2v) is 6.76. The average Bonchev–Trinajstić information content (AvgIpc) is 2.45. The molecule has 0 aromatic heterocycles. The third-order valence-corrected chi connectivity index (χ3v) is 4.22. The molecule has 0 saturated carbocycles. The summed E-state index contributed by atoms with van der Waals surface area (Å²) in [5.74, 6) is -0.594. The lowest BCUT2D eigenvalue weighted by Gasteiger charge is -2.34. The summed E-state index contributed by atoms with van der Waals surface area (Å²) in [6.07, 6.45) is -3.06. The van der Waals surface area contributed by atoms with E-state index in [2.05, 4.69) is 15.0 Å². The molecule has 0 bridgehead atoms. The number of nitrogens with zero attached hydrogens (tertiary/aromatic N) is 1. The summed E-state index contributed by atoms with van der Waals surface area (Å²) in [7, 11) is 1.96. The maximum atomic E-state index is 12.6. The summed E-state index contributed by atoms with van der Waals surface area (Å²) in [5.41, 5.74) is -0.686. The Morgan fingerprint density at radius 1 is 1.29 bits per heavy atom. The molecule has 0 aliphatic carbocycles. The number of para-hydroxylation sites is 1. The highest BCUT2D eigenvalue weighted by Gasteiger charge is 2.36. The topological polar surface area (TPSA) is 41.6 Å². The number of rotatable bonds is 4. The maximum absolute atomic E-state index is 12.6. The third kappa shape index (κ3) is 4.87. The van der Waals surface area contributed by atoms with Crippen LogP contribution < -0.4 is 10.1 Å². The van der Waals surface area contributed by atoms with Gasteiger partial charge in [0, 0.05) is 12.1 Å². The van der Waals surface area contributed by atoms with Crippen molar-refractivity contribution in [2.75, 3.05) is 20.1 Å². The number of piperidine rings is 1. The van der Waals surface area contributed by atoms with E-state index >= 15 is 0 Å². The number of benzene rings is 1. The van der Waals surface area contributed by atoms with E-state index in [1.807, 2.05) is 7.05 Å². The third-order valence-electron chi connectivity index (χ3n) is 4.22. The molecule has 1 amide bonds. The Labute approximate surface area is 140 Å². The van der Waals surface area contributed by atoms with E-state index in [1.54, 1.807) is 19.9 Å². The van der Waals surface area contributed by atoms with Gasteiger partial charge in [-0.15, -0.1) is 13.2 Å². The van der Waals surface area contributed by atoms with Gasteiger partial charge in [0.25, 0.3) is 0 Å². The van der Waals surface area contributed by atoms with Crippen LogP contribution in [0.2, 0.25) is 0 Å². The van der Waals surface area contributed by atoms with Gasteiger partial charge in [0.05, 0.1) is 11.5 Å². The van der Waals surface area contributed by atoms with Gasteiger partial charge in [0.1, 0.15) is 5.75 Å². The molecule has 1 saturated heterocycles. The molecule has 1 aliphatic rings. The molecule has 4 nitrogen and oxygen atoms in total. The van der Waals surface area contributed by atoms with Crippen molar-refractivity contribution >= 4 is 5.91 Å². The Kier molecular flexibility index (Phi) is 5.42. The predicted octanol–water partition coefficient (Wildman–Crippen LogP) is 3.28. The number of hydrogen-bond donors (Lipinski definition) is 1. The molecular formula is C17H23F3N2O2. The van der Waals surface area contributed by atoms with E-state index in [1.165, 1.54) is 18.2 Å². The number of hydrogen-bond acceptors (Lipinski definition) is 3. The molecule has 0 radical (unpaired) electrons. The zero-order valence-corrected chi connectivity index (χ0v) is 14.1. The van der Waals surface area contributed by atoms with Crippen LogP contribution in [0, 0.1) is 5.92 Å². The molecule has 1 unspecified atom stereocenters. The Morgan fingerprint density at radius 3 is 2.58 bits per heavy atom. The Hall–Kier alpha value is -1.76. The fourth-order valence-electron chi connectivity index (χ4n) is 3.05. The number of carbonyl (C=O) groups is 1. The van der Waals surface area contributed by atoms with Gasteiger partial charge in [0.15, 0.2) is 0 Å². The van der Waals surface area contributed by atoms with Gasteiger partial charge in [-0.25, -0.2) is 0 Å². The number of carbonyl (C=O) groups excluding carboxylic acids is 1. The highest BCUT2D eigenvalue weighted by molar-refractivity contribution is 5.80. The molecule has 1 aliphatic heterocycles. The van der Waals surface area contributed by atoms with Crippen LogP contribution in [0.3, 0.4) is 0 Å². The highest BCUT2D eigenvalue weighted by Crippen LogP contribution is 2.33. The lowest BCUT2D eigenvalue weighted by atomic mass is 9.90. The minimum Gasteiger partial charge on any atom is -0.405 e. The van der Waals surface area contributed by atoms with Crippen molar-refractivity contribution in [2.24, 2.45) is 5.92 Å². The molecule has 7 heteroatoms. The van der Waals surface area contributed by atoms with Crippen LogP contribution in [0.4, 0.5) is 13.2 Å². The number of ether oxygens (including phenoxy) is 1. The molecule has 2 rings (SSSR count). The SMILES string of the molecule is CN1CCCC(C(=O)NC(C)(C)c2ccccc2OC(F)(F)F)C1. The summed E-state index contributed by atoms with van der Waals surface area (Å²) in [6, 6.07) is 5.89. The maximum Gasteiger partial charge on any atom is 0.573 e.